The van der Waals surface area contributed by atoms with Crippen LogP contribution in [0, 0.1) is 11.8 Å². The van der Waals surface area contributed by atoms with Crippen molar-refractivity contribution < 1.29 is 9.90 Å². The number of amides is 1. The molecule has 0 aromatic carbocycles. The number of nitrogens with one attached hydrogen (secondary N) is 1. The number of carbonyl (C=O) groups excluding carboxylic acids is 1. The molecule has 1 amide bonds. The van der Waals surface area contributed by atoms with E-state index in [1.807, 2.05) is 0 Å². The van der Waals surface area contributed by atoms with Crippen molar-refractivity contribution in [3.05, 3.63) is 0 Å². The lowest BCUT2D eigenvalue weighted by Crippen LogP contribution is -2.30. The molecule has 1 atom stereocenters. The standard InChI is InChI=1S/C10H19NO2/c1-2-8(5-6-12)7-11-10(13)9-3-4-9/h8-9,12H,2-7H2,1H3,(H,11,13). The zero-order valence-corrected chi connectivity index (χ0v) is 8.25. The number of aliphatic hydroxyl groups excluding tert-OH is 1. The summed E-state index contributed by atoms with van der Waals surface area (Å²) in [6, 6.07) is 0. The first-order valence-corrected chi connectivity index (χ1v) is 5.16. The highest BCUT2D eigenvalue weighted by Gasteiger charge is 2.29. The van der Waals surface area contributed by atoms with E-state index in [-0.39, 0.29) is 12.5 Å². The zero-order valence-electron chi connectivity index (χ0n) is 8.25. The highest BCUT2D eigenvalue weighted by Crippen LogP contribution is 2.28. The molecule has 1 aliphatic carbocycles. The number of hydrogen-bond donors (Lipinski definition) is 2. The lowest BCUT2D eigenvalue weighted by molar-refractivity contribution is -0.122. The molecular weight excluding hydrogens is 166 g/mol. The maximum absolute atomic E-state index is 11.3. The van der Waals surface area contributed by atoms with E-state index in [1.54, 1.807) is 0 Å². The van der Waals surface area contributed by atoms with Gasteiger partial charge in [-0.25, -0.2) is 0 Å². The molecule has 0 aliphatic heterocycles. The largest absolute Gasteiger partial charge is 0.396 e. The molecule has 0 aromatic rings. The van der Waals surface area contributed by atoms with Crippen LogP contribution in [0.1, 0.15) is 32.6 Å². The van der Waals surface area contributed by atoms with Crippen molar-refractivity contribution in [2.45, 2.75) is 32.6 Å². The van der Waals surface area contributed by atoms with Crippen molar-refractivity contribution in [2.24, 2.45) is 11.8 Å². The van der Waals surface area contributed by atoms with Gasteiger partial charge in [-0.1, -0.05) is 13.3 Å². The van der Waals surface area contributed by atoms with Crippen LogP contribution in [0.25, 0.3) is 0 Å². The summed E-state index contributed by atoms with van der Waals surface area (Å²) in [4.78, 5) is 11.3. The molecule has 1 fully saturated rings. The molecular formula is C10H19NO2. The molecule has 76 valence electrons. The number of rotatable bonds is 6. The summed E-state index contributed by atoms with van der Waals surface area (Å²) in [5.41, 5.74) is 0. The summed E-state index contributed by atoms with van der Waals surface area (Å²) < 4.78 is 0. The predicted molar refractivity (Wildman–Crippen MR) is 51.2 cm³/mol. The van der Waals surface area contributed by atoms with Gasteiger partial charge in [0.2, 0.25) is 5.91 Å². The van der Waals surface area contributed by atoms with Crippen molar-refractivity contribution in [3.63, 3.8) is 0 Å². The van der Waals surface area contributed by atoms with Crippen LogP contribution < -0.4 is 5.32 Å². The van der Waals surface area contributed by atoms with Crippen molar-refractivity contribution in [1.82, 2.24) is 5.32 Å². The van der Waals surface area contributed by atoms with E-state index in [0.717, 1.165) is 32.2 Å². The first kappa shape index (κ1) is 10.5. The van der Waals surface area contributed by atoms with E-state index in [4.69, 9.17) is 5.11 Å². The van der Waals surface area contributed by atoms with Gasteiger partial charge < -0.3 is 10.4 Å². The van der Waals surface area contributed by atoms with Crippen LogP contribution in [0.4, 0.5) is 0 Å². The van der Waals surface area contributed by atoms with Gasteiger partial charge in [0, 0.05) is 19.1 Å². The van der Waals surface area contributed by atoms with Gasteiger partial charge in [-0.05, 0) is 25.2 Å². The van der Waals surface area contributed by atoms with Gasteiger partial charge in [-0.2, -0.15) is 0 Å². The minimum atomic E-state index is 0.205. The van der Waals surface area contributed by atoms with Crippen molar-refractivity contribution in [1.29, 1.82) is 0 Å². The maximum Gasteiger partial charge on any atom is 0.223 e. The fraction of sp³-hybridized carbons (Fsp3) is 0.900. The third kappa shape index (κ3) is 3.77. The third-order valence-electron chi connectivity index (χ3n) is 2.63. The average Bonchev–Trinajstić information content (AvgIpc) is 2.94. The fourth-order valence-electron chi connectivity index (χ4n) is 1.37. The Kier molecular flexibility index (Phi) is 4.22. The molecule has 1 rings (SSSR count). The first-order valence-electron chi connectivity index (χ1n) is 5.16. The van der Waals surface area contributed by atoms with E-state index >= 15 is 0 Å². The Bertz CT molecular complexity index is 166. The van der Waals surface area contributed by atoms with Crippen molar-refractivity contribution >= 4 is 5.91 Å². The van der Waals surface area contributed by atoms with Gasteiger partial charge in [-0.3, -0.25) is 4.79 Å². The van der Waals surface area contributed by atoms with Crippen molar-refractivity contribution in [3.8, 4) is 0 Å². The SMILES string of the molecule is CCC(CCO)CNC(=O)C1CC1. The number of aliphatic hydroxyl groups is 1. The lowest BCUT2D eigenvalue weighted by Gasteiger charge is -2.13. The summed E-state index contributed by atoms with van der Waals surface area (Å²) in [5.74, 6) is 0.940. The molecule has 3 heteroatoms. The maximum atomic E-state index is 11.3. The average molecular weight is 185 g/mol. The molecule has 1 unspecified atom stereocenters. The van der Waals surface area contributed by atoms with Crippen LogP contribution >= 0.6 is 0 Å². The van der Waals surface area contributed by atoms with Gasteiger partial charge in [0.05, 0.1) is 0 Å². The quantitative estimate of drug-likeness (QED) is 0.646. The van der Waals surface area contributed by atoms with Crippen LogP contribution in [-0.2, 0) is 4.79 Å². The van der Waals surface area contributed by atoms with Crippen LogP contribution in [0.3, 0.4) is 0 Å². The Labute approximate surface area is 79.5 Å². The predicted octanol–water partition coefficient (Wildman–Crippen LogP) is 0.921. The third-order valence-corrected chi connectivity index (χ3v) is 2.63. The summed E-state index contributed by atoms with van der Waals surface area (Å²) in [6.07, 6.45) is 3.93. The monoisotopic (exact) mass is 185 g/mol. The minimum Gasteiger partial charge on any atom is -0.396 e. The van der Waals surface area contributed by atoms with E-state index in [9.17, 15) is 4.79 Å². The Hall–Kier alpha value is -0.570. The van der Waals surface area contributed by atoms with Gasteiger partial charge in [-0.15, -0.1) is 0 Å². The molecule has 0 bridgehead atoms. The fourth-order valence-corrected chi connectivity index (χ4v) is 1.37. The van der Waals surface area contributed by atoms with E-state index in [1.165, 1.54) is 0 Å². The van der Waals surface area contributed by atoms with Gasteiger partial charge in [0.15, 0.2) is 0 Å². The molecule has 1 saturated carbocycles. The Morgan fingerprint density at radius 3 is 2.77 bits per heavy atom. The minimum absolute atomic E-state index is 0.205. The number of hydrogen-bond acceptors (Lipinski definition) is 2. The van der Waals surface area contributed by atoms with Gasteiger partial charge in [0.1, 0.15) is 0 Å². The molecule has 2 N–H and O–H groups in total. The molecule has 0 radical (unpaired) electrons. The molecule has 0 spiro atoms. The lowest BCUT2D eigenvalue weighted by atomic mass is 10.0. The topological polar surface area (TPSA) is 49.3 Å². The van der Waals surface area contributed by atoms with Gasteiger partial charge in [0.25, 0.3) is 0 Å². The van der Waals surface area contributed by atoms with Crippen LogP contribution in [-0.4, -0.2) is 24.2 Å². The molecule has 0 aromatic heterocycles. The Balaban J connectivity index is 2.10. The van der Waals surface area contributed by atoms with Crippen LogP contribution in [0.5, 0.6) is 0 Å². The van der Waals surface area contributed by atoms with Crippen molar-refractivity contribution in [2.75, 3.05) is 13.2 Å². The molecule has 0 saturated heterocycles. The molecule has 1 aliphatic rings. The second kappa shape index (κ2) is 5.22. The summed E-state index contributed by atoms with van der Waals surface area (Å²) in [6.45, 7) is 3.04. The van der Waals surface area contributed by atoms with Crippen LogP contribution in [0.2, 0.25) is 0 Å². The van der Waals surface area contributed by atoms with E-state index < -0.39 is 0 Å². The Morgan fingerprint density at radius 2 is 2.31 bits per heavy atom. The second-order valence-electron chi connectivity index (χ2n) is 3.81. The zero-order chi connectivity index (χ0) is 9.68. The molecule has 0 heterocycles. The smallest absolute Gasteiger partial charge is 0.223 e. The highest BCUT2D eigenvalue weighted by atomic mass is 16.3. The summed E-state index contributed by atoms with van der Waals surface area (Å²) >= 11 is 0. The molecule has 3 nitrogen and oxygen atoms in total. The first-order chi connectivity index (χ1) is 6.27. The summed E-state index contributed by atoms with van der Waals surface area (Å²) in [7, 11) is 0. The van der Waals surface area contributed by atoms with Gasteiger partial charge >= 0.3 is 0 Å². The second-order valence-corrected chi connectivity index (χ2v) is 3.81. The highest BCUT2D eigenvalue weighted by molar-refractivity contribution is 5.80. The Morgan fingerprint density at radius 1 is 1.62 bits per heavy atom. The number of carbonyl (C=O) groups is 1. The summed E-state index contributed by atoms with van der Waals surface area (Å²) in [5, 5.41) is 11.7. The van der Waals surface area contributed by atoms with Crippen LogP contribution in [0.15, 0.2) is 0 Å². The van der Waals surface area contributed by atoms with E-state index in [0.29, 0.717) is 11.8 Å². The molecule has 13 heavy (non-hydrogen) atoms. The van der Waals surface area contributed by atoms with E-state index in [2.05, 4.69) is 12.2 Å². The normalized spacial score (nSPS) is 18.3.